The lowest BCUT2D eigenvalue weighted by atomic mass is 9.93. The summed E-state index contributed by atoms with van der Waals surface area (Å²) in [6, 6.07) is 15.3. The smallest absolute Gasteiger partial charge is 0.274 e. The Balaban J connectivity index is 1.69. The van der Waals surface area contributed by atoms with Gasteiger partial charge in [-0.1, -0.05) is 37.3 Å². The number of likely N-dealkylation sites (N-methyl/N-ethyl adjacent to an activating group) is 1. The Kier molecular flexibility index (Phi) is 6.20. The van der Waals surface area contributed by atoms with Crippen LogP contribution in [0, 0.1) is 0 Å². The highest BCUT2D eigenvalue weighted by molar-refractivity contribution is 5.93. The molecule has 1 unspecified atom stereocenters. The first kappa shape index (κ1) is 22.5. The van der Waals surface area contributed by atoms with Gasteiger partial charge in [0.25, 0.3) is 5.91 Å². The highest BCUT2D eigenvalue weighted by Crippen LogP contribution is 2.37. The van der Waals surface area contributed by atoms with E-state index in [-0.39, 0.29) is 24.3 Å². The van der Waals surface area contributed by atoms with Gasteiger partial charge in [-0.05, 0) is 29.3 Å². The van der Waals surface area contributed by atoms with Crippen molar-refractivity contribution in [2.75, 3.05) is 20.1 Å². The van der Waals surface area contributed by atoms with Crippen LogP contribution in [-0.2, 0) is 22.7 Å². The van der Waals surface area contributed by atoms with Gasteiger partial charge in [0, 0.05) is 55.1 Å². The maximum absolute atomic E-state index is 12.9. The molecule has 8 heteroatoms. The molecule has 3 aromatic rings. The van der Waals surface area contributed by atoms with Crippen LogP contribution in [0.25, 0.3) is 10.9 Å². The van der Waals surface area contributed by atoms with Gasteiger partial charge in [0.1, 0.15) is 0 Å². The van der Waals surface area contributed by atoms with Crippen molar-refractivity contribution in [3.05, 3.63) is 70.9 Å². The summed E-state index contributed by atoms with van der Waals surface area (Å²) in [6.07, 6.45) is 0. The van der Waals surface area contributed by atoms with E-state index in [9.17, 15) is 14.4 Å². The van der Waals surface area contributed by atoms with Gasteiger partial charge in [0.2, 0.25) is 11.8 Å². The quantitative estimate of drug-likeness (QED) is 0.464. The minimum absolute atomic E-state index is 0.0615. The molecule has 33 heavy (non-hydrogen) atoms. The Bertz CT molecular complexity index is 1220. The number of nitrogens with one attached hydrogen (secondary N) is 1. The van der Waals surface area contributed by atoms with Crippen molar-refractivity contribution >= 4 is 28.6 Å². The van der Waals surface area contributed by atoms with Crippen LogP contribution >= 0.6 is 0 Å². The van der Waals surface area contributed by atoms with Crippen LogP contribution in [0.2, 0.25) is 0 Å². The van der Waals surface area contributed by atoms with Gasteiger partial charge in [0.05, 0.1) is 13.1 Å². The highest BCUT2D eigenvalue weighted by atomic mass is 16.5. The third kappa shape index (κ3) is 4.34. The molecule has 172 valence electrons. The van der Waals surface area contributed by atoms with Gasteiger partial charge in [-0.25, -0.2) is 5.48 Å². The summed E-state index contributed by atoms with van der Waals surface area (Å²) < 4.78 is 2.23. The van der Waals surface area contributed by atoms with Gasteiger partial charge < -0.3 is 14.4 Å². The SMILES string of the molecule is CC(=O)N(C)CC(=O)N1Cc2c(c3ccccc3n2Cc2ccc(C(=O)NO)cc2)C(C)C1. The number of hydrogen-bond donors (Lipinski definition) is 2. The van der Waals surface area contributed by atoms with Crippen molar-refractivity contribution in [1.29, 1.82) is 0 Å². The molecule has 0 bridgehead atoms. The van der Waals surface area contributed by atoms with E-state index in [0.29, 0.717) is 25.2 Å². The van der Waals surface area contributed by atoms with Gasteiger partial charge in [-0.2, -0.15) is 0 Å². The second kappa shape index (κ2) is 9.07. The maximum Gasteiger partial charge on any atom is 0.274 e. The summed E-state index contributed by atoms with van der Waals surface area (Å²) in [7, 11) is 1.64. The van der Waals surface area contributed by atoms with E-state index < -0.39 is 5.91 Å². The third-order valence-electron chi connectivity index (χ3n) is 6.37. The lowest BCUT2D eigenvalue weighted by molar-refractivity contribution is -0.139. The number of hydroxylamine groups is 1. The second-order valence-electron chi connectivity index (χ2n) is 8.65. The van der Waals surface area contributed by atoms with Crippen LogP contribution in [0.5, 0.6) is 0 Å². The van der Waals surface area contributed by atoms with Crippen molar-refractivity contribution in [1.82, 2.24) is 19.8 Å². The normalized spacial score (nSPS) is 15.3. The van der Waals surface area contributed by atoms with Crippen LogP contribution in [0.1, 0.15) is 46.9 Å². The third-order valence-corrected chi connectivity index (χ3v) is 6.37. The van der Waals surface area contributed by atoms with Crippen LogP contribution < -0.4 is 5.48 Å². The van der Waals surface area contributed by atoms with Crippen molar-refractivity contribution in [3.8, 4) is 0 Å². The Morgan fingerprint density at radius 2 is 1.82 bits per heavy atom. The summed E-state index contributed by atoms with van der Waals surface area (Å²) in [5.74, 6) is -0.603. The summed E-state index contributed by atoms with van der Waals surface area (Å²) in [5.41, 5.74) is 6.46. The molecule has 0 spiro atoms. The largest absolute Gasteiger partial charge is 0.338 e. The van der Waals surface area contributed by atoms with E-state index in [1.54, 1.807) is 24.7 Å². The molecule has 4 rings (SSSR count). The number of hydrogen-bond acceptors (Lipinski definition) is 4. The molecule has 2 aromatic carbocycles. The fourth-order valence-corrected chi connectivity index (χ4v) is 4.56. The average molecular weight is 449 g/mol. The molecule has 0 fully saturated rings. The number of rotatable bonds is 5. The maximum atomic E-state index is 12.9. The van der Waals surface area contributed by atoms with E-state index >= 15 is 0 Å². The molecule has 1 atom stereocenters. The second-order valence-corrected chi connectivity index (χ2v) is 8.65. The first-order valence-electron chi connectivity index (χ1n) is 10.9. The Labute approximate surface area is 192 Å². The highest BCUT2D eigenvalue weighted by Gasteiger charge is 2.31. The average Bonchev–Trinajstić information content (AvgIpc) is 3.12. The molecule has 0 aliphatic carbocycles. The van der Waals surface area contributed by atoms with Crippen LogP contribution in [-0.4, -0.2) is 57.4 Å². The number of para-hydroxylation sites is 1. The number of fused-ring (bicyclic) bond motifs is 3. The Morgan fingerprint density at radius 3 is 2.48 bits per heavy atom. The van der Waals surface area contributed by atoms with Crippen molar-refractivity contribution in [2.45, 2.75) is 32.9 Å². The molecule has 2 heterocycles. The van der Waals surface area contributed by atoms with Crippen LogP contribution in [0.4, 0.5) is 0 Å². The van der Waals surface area contributed by atoms with Crippen LogP contribution in [0.15, 0.2) is 48.5 Å². The first-order valence-corrected chi connectivity index (χ1v) is 10.9. The summed E-state index contributed by atoms with van der Waals surface area (Å²) in [4.78, 5) is 39.4. The summed E-state index contributed by atoms with van der Waals surface area (Å²) >= 11 is 0. The fourth-order valence-electron chi connectivity index (χ4n) is 4.56. The van der Waals surface area contributed by atoms with Crippen molar-refractivity contribution < 1.29 is 19.6 Å². The van der Waals surface area contributed by atoms with Crippen molar-refractivity contribution in [2.24, 2.45) is 0 Å². The number of carbonyl (C=O) groups is 3. The lowest BCUT2D eigenvalue weighted by Gasteiger charge is -2.33. The van der Waals surface area contributed by atoms with E-state index in [4.69, 9.17) is 5.21 Å². The topological polar surface area (TPSA) is 94.9 Å². The zero-order valence-corrected chi connectivity index (χ0v) is 19.0. The fraction of sp³-hybridized carbons (Fsp3) is 0.320. The minimum Gasteiger partial charge on any atom is -0.338 e. The molecule has 3 amide bonds. The molecule has 2 N–H and O–H groups in total. The monoisotopic (exact) mass is 448 g/mol. The summed E-state index contributed by atoms with van der Waals surface area (Å²) in [6.45, 7) is 5.31. The van der Waals surface area contributed by atoms with E-state index in [1.165, 1.54) is 22.8 Å². The summed E-state index contributed by atoms with van der Waals surface area (Å²) in [5, 5.41) is 10.0. The van der Waals surface area contributed by atoms with Crippen LogP contribution in [0.3, 0.4) is 0 Å². The van der Waals surface area contributed by atoms with Gasteiger partial charge in [-0.3, -0.25) is 19.6 Å². The Hall–Kier alpha value is -3.65. The first-order chi connectivity index (χ1) is 15.8. The molecule has 1 aliphatic heterocycles. The van der Waals surface area contributed by atoms with E-state index in [0.717, 1.165) is 16.8 Å². The van der Waals surface area contributed by atoms with E-state index in [1.807, 2.05) is 29.2 Å². The molecule has 0 radical (unpaired) electrons. The zero-order chi connectivity index (χ0) is 23.7. The number of aromatic nitrogens is 1. The molecular formula is C25H28N4O4. The predicted molar refractivity (Wildman–Crippen MR) is 124 cm³/mol. The van der Waals surface area contributed by atoms with Crippen molar-refractivity contribution in [3.63, 3.8) is 0 Å². The lowest BCUT2D eigenvalue weighted by Crippen LogP contribution is -2.44. The zero-order valence-electron chi connectivity index (χ0n) is 19.0. The molecule has 1 aliphatic rings. The predicted octanol–water partition coefficient (Wildman–Crippen LogP) is 2.73. The molecular weight excluding hydrogens is 420 g/mol. The van der Waals surface area contributed by atoms with Gasteiger partial charge in [0.15, 0.2) is 0 Å². The number of benzene rings is 2. The van der Waals surface area contributed by atoms with Gasteiger partial charge in [-0.15, -0.1) is 0 Å². The number of carbonyl (C=O) groups excluding carboxylic acids is 3. The Morgan fingerprint density at radius 1 is 1.12 bits per heavy atom. The molecule has 8 nitrogen and oxygen atoms in total. The number of amides is 3. The molecule has 0 saturated heterocycles. The number of nitrogens with zero attached hydrogens (tertiary/aromatic N) is 3. The van der Waals surface area contributed by atoms with Gasteiger partial charge >= 0.3 is 0 Å². The molecule has 1 aromatic heterocycles. The minimum atomic E-state index is -0.552. The molecule has 0 saturated carbocycles. The van der Waals surface area contributed by atoms with E-state index in [2.05, 4.69) is 23.6 Å². The standard InChI is InChI=1S/C25H28N4O4/c1-16-12-28(23(31)15-27(3)17(2)30)14-22-24(16)20-6-4-5-7-21(20)29(22)13-18-8-10-19(11-9-18)25(32)26-33/h4-11,16,33H,12-15H2,1-3H3,(H,26,32).